The number of hydrogen-bond donors (Lipinski definition) is 1. The third-order valence-electron chi connectivity index (χ3n) is 6.80. The van der Waals surface area contributed by atoms with E-state index in [4.69, 9.17) is 9.47 Å². The van der Waals surface area contributed by atoms with Gasteiger partial charge in [0.1, 0.15) is 12.4 Å². The Morgan fingerprint density at radius 1 is 1.03 bits per heavy atom. The smallest absolute Gasteiger partial charge is 0.338 e. The van der Waals surface area contributed by atoms with Crippen LogP contribution in [-0.4, -0.2) is 12.6 Å². The SMILES string of the molecule is CCOC(=O)c1ccc(Nc2cc3c(cc2OCc2ccc(C)cc2)C(C)(C)CC=C3C(C)C)cc1. The highest BCUT2D eigenvalue weighted by Crippen LogP contribution is 2.46. The molecule has 4 heteroatoms. The van der Waals surface area contributed by atoms with Gasteiger partial charge in [0.05, 0.1) is 17.9 Å². The fourth-order valence-corrected chi connectivity index (χ4v) is 4.63. The summed E-state index contributed by atoms with van der Waals surface area (Å²) in [6, 6.07) is 20.3. The van der Waals surface area contributed by atoms with Crippen molar-refractivity contribution in [2.24, 2.45) is 5.92 Å². The Balaban J connectivity index is 1.71. The van der Waals surface area contributed by atoms with Crippen LogP contribution >= 0.6 is 0 Å². The maximum absolute atomic E-state index is 12.1. The summed E-state index contributed by atoms with van der Waals surface area (Å²) in [4.78, 5) is 12.1. The lowest BCUT2D eigenvalue weighted by Gasteiger charge is -2.34. The number of esters is 1. The number of rotatable bonds is 8. The van der Waals surface area contributed by atoms with Crippen LogP contribution in [0.1, 0.15) is 73.7 Å². The van der Waals surface area contributed by atoms with Crippen molar-refractivity contribution in [3.8, 4) is 5.75 Å². The number of ether oxygens (including phenoxy) is 2. The second-order valence-electron chi connectivity index (χ2n) is 10.5. The van der Waals surface area contributed by atoms with E-state index in [1.54, 1.807) is 12.1 Å². The molecule has 0 atom stereocenters. The number of carbonyl (C=O) groups is 1. The van der Waals surface area contributed by atoms with Crippen molar-refractivity contribution in [2.45, 2.75) is 60.0 Å². The molecule has 188 valence electrons. The molecule has 0 spiro atoms. The fraction of sp³-hybridized carbons (Fsp3) is 0.344. The third-order valence-corrected chi connectivity index (χ3v) is 6.80. The Morgan fingerprint density at radius 3 is 2.36 bits per heavy atom. The van der Waals surface area contributed by atoms with Crippen molar-refractivity contribution in [2.75, 3.05) is 11.9 Å². The monoisotopic (exact) mass is 483 g/mol. The van der Waals surface area contributed by atoms with Crippen LogP contribution in [0.5, 0.6) is 5.75 Å². The van der Waals surface area contributed by atoms with Crippen LogP contribution in [0.3, 0.4) is 0 Å². The van der Waals surface area contributed by atoms with E-state index >= 15 is 0 Å². The molecule has 4 nitrogen and oxygen atoms in total. The molecule has 4 rings (SSSR count). The second kappa shape index (κ2) is 10.6. The van der Waals surface area contributed by atoms with Crippen LogP contribution in [0.4, 0.5) is 11.4 Å². The van der Waals surface area contributed by atoms with Crippen LogP contribution < -0.4 is 10.1 Å². The average Bonchev–Trinajstić information content (AvgIpc) is 2.84. The molecular formula is C32H37NO3. The summed E-state index contributed by atoms with van der Waals surface area (Å²) < 4.78 is 11.5. The van der Waals surface area contributed by atoms with Gasteiger partial charge in [0.2, 0.25) is 0 Å². The van der Waals surface area contributed by atoms with Gasteiger partial charge in [-0.25, -0.2) is 4.79 Å². The van der Waals surface area contributed by atoms with Crippen molar-refractivity contribution in [1.82, 2.24) is 0 Å². The largest absolute Gasteiger partial charge is 0.487 e. The molecule has 0 heterocycles. The predicted molar refractivity (Wildman–Crippen MR) is 148 cm³/mol. The summed E-state index contributed by atoms with van der Waals surface area (Å²) in [5.41, 5.74) is 8.68. The lowest BCUT2D eigenvalue weighted by Crippen LogP contribution is -2.23. The topological polar surface area (TPSA) is 47.6 Å². The molecule has 3 aromatic carbocycles. The van der Waals surface area contributed by atoms with Gasteiger partial charge in [0.25, 0.3) is 0 Å². The number of anilines is 2. The Hall–Kier alpha value is -3.53. The summed E-state index contributed by atoms with van der Waals surface area (Å²) in [5.74, 6) is 0.937. The van der Waals surface area contributed by atoms with Crippen LogP contribution in [-0.2, 0) is 16.8 Å². The van der Waals surface area contributed by atoms with E-state index in [1.807, 2.05) is 19.1 Å². The number of allylic oxidation sites excluding steroid dienone is 2. The van der Waals surface area contributed by atoms with Gasteiger partial charge in [-0.15, -0.1) is 0 Å². The Labute approximate surface area is 215 Å². The molecule has 0 aromatic heterocycles. The average molecular weight is 484 g/mol. The molecule has 1 aliphatic rings. The fourth-order valence-electron chi connectivity index (χ4n) is 4.63. The number of nitrogens with one attached hydrogen (secondary N) is 1. The molecule has 0 aliphatic heterocycles. The van der Waals surface area contributed by atoms with E-state index < -0.39 is 0 Å². The van der Waals surface area contributed by atoms with E-state index in [-0.39, 0.29) is 11.4 Å². The van der Waals surface area contributed by atoms with Crippen LogP contribution in [0.2, 0.25) is 0 Å². The third kappa shape index (κ3) is 5.64. The zero-order valence-corrected chi connectivity index (χ0v) is 22.3. The first-order valence-electron chi connectivity index (χ1n) is 12.8. The van der Waals surface area contributed by atoms with Crippen molar-refractivity contribution in [1.29, 1.82) is 0 Å². The molecule has 0 amide bonds. The highest BCUT2D eigenvalue weighted by atomic mass is 16.5. The summed E-state index contributed by atoms with van der Waals surface area (Å²) >= 11 is 0. The minimum atomic E-state index is -0.311. The maximum Gasteiger partial charge on any atom is 0.338 e. The van der Waals surface area contributed by atoms with E-state index in [9.17, 15) is 4.79 Å². The number of hydrogen-bond acceptors (Lipinski definition) is 4. The number of aryl methyl sites for hydroxylation is 1. The standard InChI is InChI=1S/C32H37NO3/c1-7-35-31(34)24-12-14-25(15-13-24)33-29-18-27-26(21(2)3)16-17-32(5,6)28(27)19-30(29)36-20-23-10-8-22(4)9-11-23/h8-16,18-19,21,33H,7,17,20H2,1-6H3. The molecular weight excluding hydrogens is 446 g/mol. The van der Waals surface area contributed by atoms with Gasteiger partial charge in [-0.3, -0.25) is 0 Å². The molecule has 36 heavy (non-hydrogen) atoms. The van der Waals surface area contributed by atoms with E-state index in [0.717, 1.165) is 29.1 Å². The number of fused-ring (bicyclic) bond motifs is 1. The van der Waals surface area contributed by atoms with Crippen LogP contribution in [0.25, 0.3) is 5.57 Å². The molecule has 0 saturated carbocycles. The van der Waals surface area contributed by atoms with Crippen molar-refractivity contribution in [3.05, 3.63) is 94.6 Å². The van der Waals surface area contributed by atoms with Crippen molar-refractivity contribution < 1.29 is 14.3 Å². The van der Waals surface area contributed by atoms with Crippen LogP contribution in [0.15, 0.2) is 66.7 Å². The first kappa shape index (κ1) is 25.6. The quantitative estimate of drug-likeness (QED) is 0.328. The molecule has 0 fully saturated rings. The van der Waals surface area contributed by atoms with E-state index in [1.165, 1.54) is 22.3 Å². The first-order valence-corrected chi connectivity index (χ1v) is 12.8. The van der Waals surface area contributed by atoms with Gasteiger partial charge >= 0.3 is 5.97 Å². The minimum Gasteiger partial charge on any atom is -0.487 e. The van der Waals surface area contributed by atoms with Gasteiger partial charge in [-0.05, 0) is 90.3 Å². The van der Waals surface area contributed by atoms with Gasteiger partial charge in [-0.1, -0.05) is 63.6 Å². The molecule has 1 aliphatic carbocycles. The highest BCUT2D eigenvalue weighted by molar-refractivity contribution is 5.90. The van der Waals surface area contributed by atoms with Gasteiger partial charge in [0, 0.05) is 5.69 Å². The molecule has 0 unspecified atom stereocenters. The van der Waals surface area contributed by atoms with Crippen LogP contribution in [0, 0.1) is 12.8 Å². The zero-order valence-electron chi connectivity index (χ0n) is 22.3. The predicted octanol–water partition coefficient (Wildman–Crippen LogP) is 8.22. The number of carbonyl (C=O) groups excluding carboxylic acids is 1. The normalized spacial score (nSPS) is 14.1. The van der Waals surface area contributed by atoms with E-state index in [0.29, 0.717) is 24.7 Å². The van der Waals surface area contributed by atoms with Crippen molar-refractivity contribution >= 4 is 22.9 Å². The maximum atomic E-state index is 12.1. The Kier molecular flexibility index (Phi) is 7.53. The summed E-state index contributed by atoms with van der Waals surface area (Å²) in [6.45, 7) is 13.8. The summed E-state index contributed by atoms with van der Waals surface area (Å²) in [6.07, 6.45) is 3.39. The lowest BCUT2D eigenvalue weighted by atomic mass is 9.71. The van der Waals surface area contributed by atoms with Crippen molar-refractivity contribution in [3.63, 3.8) is 0 Å². The zero-order chi connectivity index (χ0) is 25.9. The Morgan fingerprint density at radius 2 is 1.72 bits per heavy atom. The number of benzene rings is 3. The summed E-state index contributed by atoms with van der Waals surface area (Å²) in [7, 11) is 0. The van der Waals surface area contributed by atoms with Gasteiger partial charge in [-0.2, -0.15) is 0 Å². The molecule has 3 aromatic rings. The minimum absolute atomic E-state index is 0.0233. The molecule has 1 N–H and O–H groups in total. The van der Waals surface area contributed by atoms with E-state index in [2.05, 4.69) is 82.4 Å². The molecule has 0 saturated heterocycles. The first-order chi connectivity index (χ1) is 17.2. The molecule has 0 radical (unpaired) electrons. The van der Waals surface area contributed by atoms with Gasteiger partial charge in [0.15, 0.2) is 0 Å². The summed E-state index contributed by atoms with van der Waals surface area (Å²) in [5, 5.41) is 3.55. The Bertz CT molecular complexity index is 1250. The lowest BCUT2D eigenvalue weighted by molar-refractivity contribution is 0.0526. The highest BCUT2D eigenvalue weighted by Gasteiger charge is 2.30. The second-order valence-corrected chi connectivity index (χ2v) is 10.5. The van der Waals surface area contributed by atoms with Gasteiger partial charge < -0.3 is 14.8 Å². The molecule has 0 bridgehead atoms.